The Morgan fingerprint density at radius 3 is 2.32 bits per heavy atom. The highest BCUT2D eigenvalue weighted by Gasteiger charge is 2.23. The number of non-ortho nitro benzene ring substituents is 1. The number of rotatable bonds is 3. The van der Waals surface area contributed by atoms with Gasteiger partial charge in [0.2, 0.25) is 0 Å². The third-order valence-corrected chi connectivity index (χ3v) is 3.44. The fourth-order valence-electron chi connectivity index (χ4n) is 2.23. The summed E-state index contributed by atoms with van der Waals surface area (Å²) in [7, 11) is 2.06. The van der Waals surface area contributed by atoms with E-state index in [1.165, 1.54) is 12.1 Å². The molecule has 19 heavy (non-hydrogen) atoms. The van der Waals surface area contributed by atoms with Gasteiger partial charge in [0, 0.05) is 38.3 Å². The lowest BCUT2D eigenvalue weighted by atomic mass is 10.1. The highest BCUT2D eigenvalue weighted by atomic mass is 16.6. The van der Waals surface area contributed by atoms with Crippen LogP contribution in [0.15, 0.2) is 24.3 Å². The molecule has 6 nitrogen and oxygen atoms in total. The number of nitro benzene ring substituents is 1. The molecule has 1 atom stereocenters. The van der Waals surface area contributed by atoms with Gasteiger partial charge in [-0.3, -0.25) is 15.0 Å². The number of likely N-dealkylation sites (N-methyl/N-ethyl adjacent to an activating group) is 1. The van der Waals surface area contributed by atoms with Crippen LogP contribution in [-0.2, 0) is 0 Å². The smallest absolute Gasteiger partial charge is 0.269 e. The van der Waals surface area contributed by atoms with Gasteiger partial charge in [0.15, 0.2) is 0 Å². The molecule has 0 saturated carbocycles. The Bertz CT molecular complexity index is 486. The first-order valence-corrected chi connectivity index (χ1v) is 6.18. The van der Waals surface area contributed by atoms with Gasteiger partial charge < -0.3 is 4.90 Å². The second-order valence-electron chi connectivity index (χ2n) is 4.72. The van der Waals surface area contributed by atoms with Crippen LogP contribution in [-0.4, -0.2) is 47.9 Å². The van der Waals surface area contributed by atoms with Crippen LogP contribution < -0.4 is 0 Å². The molecule has 0 N–H and O–H groups in total. The lowest BCUT2D eigenvalue weighted by Crippen LogP contribution is -2.45. The maximum absolute atomic E-state index is 10.6. The van der Waals surface area contributed by atoms with Gasteiger partial charge in [-0.25, -0.2) is 0 Å². The van der Waals surface area contributed by atoms with Gasteiger partial charge >= 0.3 is 0 Å². The predicted molar refractivity (Wildman–Crippen MR) is 70.5 cm³/mol. The monoisotopic (exact) mass is 260 g/mol. The number of benzene rings is 1. The molecule has 1 aromatic carbocycles. The summed E-state index contributed by atoms with van der Waals surface area (Å²) in [6.45, 7) is 3.55. The lowest BCUT2D eigenvalue weighted by Gasteiger charge is -2.35. The van der Waals surface area contributed by atoms with Gasteiger partial charge in [-0.15, -0.1) is 0 Å². The summed E-state index contributed by atoms with van der Waals surface area (Å²) in [5, 5.41) is 20.0. The summed E-state index contributed by atoms with van der Waals surface area (Å²) in [5.74, 6) is 0. The van der Waals surface area contributed by atoms with Gasteiger partial charge in [0.25, 0.3) is 5.69 Å². The Hall–Kier alpha value is -1.97. The minimum Gasteiger partial charge on any atom is -0.304 e. The van der Waals surface area contributed by atoms with Crippen LogP contribution in [0, 0.1) is 21.4 Å². The predicted octanol–water partition coefficient (Wildman–Crippen LogP) is 1.41. The van der Waals surface area contributed by atoms with Crippen LogP contribution in [0.2, 0.25) is 0 Å². The van der Waals surface area contributed by atoms with Crippen LogP contribution in [0.25, 0.3) is 0 Å². The summed E-state index contributed by atoms with van der Waals surface area (Å²) in [5.41, 5.74) is 0.872. The van der Waals surface area contributed by atoms with Crippen molar-refractivity contribution in [1.29, 1.82) is 5.26 Å². The average molecular weight is 260 g/mol. The Balaban J connectivity index is 2.13. The maximum atomic E-state index is 10.6. The molecule has 0 radical (unpaired) electrons. The first-order chi connectivity index (χ1) is 9.11. The zero-order chi connectivity index (χ0) is 13.8. The second kappa shape index (κ2) is 5.78. The van der Waals surface area contributed by atoms with Gasteiger partial charge in [0.05, 0.1) is 11.0 Å². The van der Waals surface area contributed by atoms with Crippen LogP contribution in [0.4, 0.5) is 5.69 Å². The molecular formula is C13H16N4O2. The summed E-state index contributed by atoms with van der Waals surface area (Å²) in [6, 6.07) is 8.21. The standard InChI is InChI=1S/C13H16N4O2/c1-15-6-8-16(9-7-15)13(10-14)11-2-4-12(5-3-11)17(18)19/h2-5,13H,6-9H2,1H3. The molecule has 0 amide bonds. The fourth-order valence-corrected chi connectivity index (χ4v) is 2.23. The highest BCUT2D eigenvalue weighted by Crippen LogP contribution is 2.23. The molecule has 1 fully saturated rings. The number of hydrogen-bond donors (Lipinski definition) is 0. The van der Waals surface area contributed by atoms with E-state index in [2.05, 4.69) is 22.9 Å². The van der Waals surface area contributed by atoms with E-state index < -0.39 is 4.92 Å². The largest absolute Gasteiger partial charge is 0.304 e. The van der Waals surface area contributed by atoms with Crippen molar-refractivity contribution in [2.45, 2.75) is 6.04 Å². The van der Waals surface area contributed by atoms with Crippen LogP contribution in [0.1, 0.15) is 11.6 Å². The number of nitriles is 1. The number of nitrogens with zero attached hydrogens (tertiary/aromatic N) is 4. The molecular weight excluding hydrogens is 244 g/mol. The van der Waals surface area contributed by atoms with Crippen molar-refractivity contribution < 1.29 is 4.92 Å². The molecule has 6 heteroatoms. The minimum atomic E-state index is -0.430. The van der Waals surface area contributed by atoms with Crippen LogP contribution in [0.5, 0.6) is 0 Å². The maximum Gasteiger partial charge on any atom is 0.269 e. The normalized spacial score (nSPS) is 18.7. The van der Waals surface area contributed by atoms with Crippen molar-refractivity contribution in [3.63, 3.8) is 0 Å². The number of hydrogen-bond acceptors (Lipinski definition) is 5. The summed E-state index contributed by atoms with van der Waals surface area (Å²) >= 11 is 0. The molecule has 1 heterocycles. The minimum absolute atomic E-state index is 0.0545. The Morgan fingerprint density at radius 1 is 1.26 bits per heavy atom. The van der Waals surface area contributed by atoms with E-state index in [0.29, 0.717) is 0 Å². The van der Waals surface area contributed by atoms with Crippen molar-refractivity contribution in [3.05, 3.63) is 39.9 Å². The third-order valence-electron chi connectivity index (χ3n) is 3.44. The summed E-state index contributed by atoms with van der Waals surface area (Å²) < 4.78 is 0. The van der Waals surface area contributed by atoms with Crippen molar-refractivity contribution >= 4 is 5.69 Å². The molecule has 2 rings (SSSR count). The van der Waals surface area contributed by atoms with Gasteiger partial charge in [0.1, 0.15) is 6.04 Å². The Morgan fingerprint density at radius 2 is 1.84 bits per heavy atom. The molecule has 1 unspecified atom stereocenters. The summed E-state index contributed by atoms with van der Waals surface area (Å²) in [4.78, 5) is 14.5. The van der Waals surface area contributed by atoms with Crippen LogP contribution >= 0.6 is 0 Å². The molecule has 0 aliphatic carbocycles. The lowest BCUT2D eigenvalue weighted by molar-refractivity contribution is -0.384. The molecule has 100 valence electrons. The SMILES string of the molecule is CN1CCN(C(C#N)c2ccc([N+](=O)[O-])cc2)CC1. The van der Waals surface area contributed by atoms with E-state index in [4.69, 9.17) is 0 Å². The van der Waals surface area contributed by atoms with Gasteiger partial charge in [-0.05, 0) is 24.7 Å². The molecule has 1 aliphatic heterocycles. The number of nitro groups is 1. The quantitative estimate of drug-likeness (QED) is 0.606. The fraction of sp³-hybridized carbons (Fsp3) is 0.462. The zero-order valence-corrected chi connectivity index (χ0v) is 10.8. The second-order valence-corrected chi connectivity index (χ2v) is 4.72. The third kappa shape index (κ3) is 3.08. The number of piperazine rings is 1. The first kappa shape index (κ1) is 13.5. The zero-order valence-electron chi connectivity index (χ0n) is 10.8. The average Bonchev–Trinajstić information content (AvgIpc) is 2.42. The molecule has 1 aliphatic rings. The first-order valence-electron chi connectivity index (χ1n) is 6.18. The van der Waals surface area contributed by atoms with Crippen molar-refractivity contribution in [2.24, 2.45) is 0 Å². The van der Waals surface area contributed by atoms with Gasteiger partial charge in [-0.2, -0.15) is 5.26 Å². The molecule has 0 bridgehead atoms. The van der Waals surface area contributed by atoms with E-state index in [1.807, 2.05) is 0 Å². The Kier molecular flexibility index (Phi) is 4.10. The van der Waals surface area contributed by atoms with E-state index in [-0.39, 0.29) is 11.7 Å². The molecule has 1 saturated heterocycles. The Labute approximate surface area is 112 Å². The summed E-state index contributed by atoms with van der Waals surface area (Å²) in [6.07, 6.45) is 0. The van der Waals surface area contributed by atoms with Crippen molar-refractivity contribution in [2.75, 3.05) is 33.2 Å². The van der Waals surface area contributed by atoms with Crippen molar-refractivity contribution in [1.82, 2.24) is 9.80 Å². The molecule has 1 aromatic rings. The van der Waals surface area contributed by atoms with E-state index in [1.54, 1.807) is 12.1 Å². The molecule has 0 aromatic heterocycles. The van der Waals surface area contributed by atoms with Gasteiger partial charge in [-0.1, -0.05) is 0 Å². The van der Waals surface area contributed by atoms with Crippen molar-refractivity contribution in [3.8, 4) is 6.07 Å². The van der Waals surface area contributed by atoms with Crippen LogP contribution in [0.3, 0.4) is 0 Å². The van der Waals surface area contributed by atoms with E-state index in [9.17, 15) is 15.4 Å². The molecule has 0 spiro atoms. The van der Waals surface area contributed by atoms with E-state index >= 15 is 0 Å². The topological polar surface area (TPSA) is 73.4 Å². The highest BCUT2D eigenvalue weighted by molar-refractivity contribution is 5.36. The van der Waals surface area contributed by atoms with E-state index in [0.717, 1.165) is 31.7 Å².